The average molecular weight is 369 g/mol. The van der Waals surface area contributed by atoms with Crippen LogP contribution in [-0.2, 0) is 4.79 Å². The summed E-state index contributed by atoms with van der Waals surface area (Å²) in [6.07, 6.45) is 1.58. The molecule has 1 heterocycles. The van der Waals surface area contributed by atoms with Crippen molar-refractivity contribution in [1.29, 1.82) is 0 Å². The molecule has 2 aromatic carbocycles. The second-order valence-electron chi connectivity index (χ2n) is 7.01. The molecule has 3 rings (SSSR count). The molecule has 2 atom stereocenters. The number of methoxy groups -OCH3 is 2. The van der Waals surface area contributed by atoms with Crippen molar-refractivity contribution in [3.05, 3.63) is 59.2 Å². The van der Waals surface area contributed by atoms with Crippen molar-refractivity contribution in [3.8, 4) is 11.5 Å². The molecule has 0 amide bonds. The third kappa shape index (κ3) is 3.93. The molecule has 5 nitrogen and oxygen atoms in total. The van der Waals surface area contributed by atoms with Gasteiger partial charge in [-0.25, -0.2) is 0 Å². The van der Waals surface area contributed by atoms with Gasteiger partial charge < -0.3 is 14.6 Å². The highest BCUT2D eigenvalue weighted by molar-refractivity contribution is 5.70. The number of aliphatic carboxylic acids is 1. The lowest BCUT2D eigenvalue weighted by molar-refractivity contribution is -0.143. The van der Waals surface area contributed by atoms with Crippen LogP contribution in [0.3, 0.4) is 0 Å². The predicted molar refractivity (Wildman–Crippen MR) is 105 cm³/mol. The standard InChI is InChI=1S/C22H27NO4/c1-15-8-4-5-10-17(15)21(23-13-7-9-16(14-23)22(24)25)20-18(26-2)11-6-12-19(20)27-3/h4-6,8,10-12,16,21H,7,9,13-14H2,1-3H3,(H,24,25). The minimum atomic E-state index is -0.727. The Bertz CT molecular complexity index is 782. The van der Waals surface area contributed by atoms with Crippen LogP contribution in [0.4, 0.5) is 0 Å². The van der Waals surface area contributed by atoms with Crippen molar-refractivity contribution in [2.24, 2.45) is 5.92 Å². The molecule has 0 aliphatic carbocycles. The molecule has 1 aliphatic heterocycles. The van der Waals surface area contributed by atoms with Crippen LogP contribution in [0.25, 0.3) is 0 Å². The second-order valence-corrected chi connectivity index (χ2v) is 7.01. The largest absolute Gasteiger partial charge is 0.496 e. The number of ether oxygens (including phenoxy) is 2. The topological polar surface area (TPSA) is 59.0 Å². The fourth-order valence-electron chi connectivity index (χ4n) is 4.02. The Hall–Kier alpha value is -2.53. The number of rotatable bonds is 6. The Kier molecular flexibility index (Phi) is 6.01. The van der Waals surface area contributed by atoms with Crippen molar-refractivity contribution >= 4 is 5.97 Å². The number of hydrogen-bond donors (Lipinski definition) is 1. The third-order valence-corrected chi connectivity index (χ3v) is 5.39. The van der Waals surface area contributed by atoms with E-state index in [4.69, 9.17) is 9.47 Å². The second kappa shape index (κ2) is 8.44. The van der Waals surface area contributed by atoms with E-state index in [9.17, 15) is 9.90 Å². The maximum Gasteiger partial charge on any atom is 0.307 e. The minimum Gasteiger partial charge on any atom is -0.496 e. The first-order chi connectivity index (χ1) is 13.1. The van der Waals surface area contributed by atoms with Crippen molar-refractivity contribution in [2.45, 2.75) is 25.8 Å². The number of likely N-dealkylation sites (tertiary alicyclic amines) is 1. The van der Waals surface area contributed by atoms with Crippen LogP contribution in [-0.4, -0.2) is 43.3 Å². The lowest BCUT2D eigenvalue weighted by Gasteiger charge is -2.39. The lowest BCUT2D eigenvalue weighted by atomic mass is 9.88. The highest BCUT2D eigenvalue weighted by Gasteiger charge is 2.34. The van der Waals surface area contributed by atoms with Gasteiger partial charge in [0.1, 0.15) is 11.5 Å². The SMILES string of the molecule is COc1cccc(OC)c1C(c1ccccc1C)N1CCCC(C(=O)O)C1. The monoisotopic (exact) mass is 369 g/mol. The average Bonchev–Trinajstić information content (AvgIpc) is 2.70. The molecule has 1 aliphatic rings. The zero-order valence-electron chi connectivity index (χ0n) is 16.1. The van der Waals surface area contributed by atoms with Gasteiger partial charge in [0.05, 0.1) is 31.7 Å². The molecule has 0 radical (unpaired) electrons. The summed E-state index contributed by atoms with van der Waals surface area (Å²) < 4.78 is 11.3. The number of carboxylic acid groups (broad SMARTS) is 1. The van der Waals surface area contributed by atoms with E-state index in [-0.39, 0.29) is 12.0 Å². The Balaban J connectivity index is 2.15. The predicted octanol–water partition coefficient (Wildman–Crippen LogP) is 3.90. The molecule has 2 aromatic rings. The summed E-state index contributed by atoms with van der Waals surface area (Å²) in [5, 5.41) is 9.56. The Labute approximate surface area is 160 Å². The summed E-state index contributed by atoms with van der Waals surface area (Å²) in [5.41, 5.74) is 3.25. The van der Waals surface area contributed by atoms with Crippen LogP contribution >= 0.6 is 0 Å². The fourth-order valence-corrected chi connectivity index (χ4v) is 4.02. The smallest absolute Gasteiger partial charge is 0.307 e. The van der Waals surface area contributed by atoms with Crippen molar-refractivity contribution in [2.75, 3.05) is 27.3 Å². The van der Waals surface area contributed by atoms with Crippen molar-refractivity contribution < 1.29 is 19.4 Å². The summed E-state index contributed by atoms with van der Waals surface area (Å²) in [7, 11) is 3.31. The van der Waals surface area contributed by atoms with Gasteiger partial charge in [-0.05, 0) is 49.6 Å². The fraction of sp³-hybridized carbons (Fsp3) is 0.409. The van der Waals surface area contributed by atoms with E-state index in [1.807, 2.05) is 30.3 Å². The molecule has 27 heavy (non-hydrogen) atoms. The van der Waals surface area contributed by atoms with E-state index in [1.165, 1.54) is 0 Å². The van der Waals surface area contributed by atoms with Crippen LogP contribution in [0.15, 0.2) is 42.5 Å². The van der Waals surface area contributed by atoms with Gasteiger partial charge in [0.25, 0.3) is 0 Å². The van der Waals surface area contributed by atoms with E-state index >= 15 is 0 Å². The number of benzene rings is 2. The van der Waals surface area contributed by atoms with Gasteiger partial charge in [0, 0.05) is 6.54 Å². The molecule has 1 N–H and O–H groups in total. The van der Waals surface area contributed by atoms with Gasteiger partial charge >= 0.3 is 5.97 Å². The first kappa shape index (κ1) is 19.2. The van der Waals surface area contributed by atoms with Gasteiger partial charge in [-0.3, -0.25) is 9.69 Å². The molecule has 1 saturated heterocycles. The number of carbonyl (C=O) groups is 1. The van der Waals surface area contributed by atoms with Gasteiger partial charge in [-0.2, -0.15) is 0 Å². The summed E-state index contributed by atoms with van der Waals surface area (Å²) >= 11 is 0. The van der Waals surface area contributed by atoms with Crippen molar-refractivity contribution in [1.82, 2.24) is 4.90 Å². The van der Waals surface area contributed by atoms with E-state index in [1.54, 1.807) is 14.2 Å². The first-order valence-electron chi connectivity index (χ1n) is 9.30. The molecule has 0 saturated carbocycles. The first-order valence-corrected chi connectivity index (χ1v) is 9.30. The minimum absolute atomic E-state index is 0.126. The summed E-state index contributed by atoms with van der Waals surface area (Å²) in [4.78, 5) is 13.9. The van der Waals surface area contributed by atoms with E-state index < -0.39 is 5.97 Å². The molecule has 5 heteroatoms. The van der Waals surface area contributed by atoms with Crippen LogP contribution in [0.2, 0.25) is 0 Å². The van der Waals surface area contributed by atoms with Crippen LogP contribution < -0.4 is 9.47 Å². The Morgan fingerprint density at radius 1 is 1.11 bits per heavy atom. The van der Waals surface area contributed by atoms with Gasteiger partial charge in [0.2, 0.25) is 0 Å². The number of piperidine rings is 1. The van der Waals surface area contributed by atoms with E-state index in [0.29, 0.717) is 6.54 Å². The van der Waals surface area contributed by atoms with E-state index in [2.05, 4.69) is 24.0 Å². The lowest BCUT2D eigenvalue weighted by Crippen LogP contribution is -2.41. The van der Waals surface area contributed by atoms with Crippen molar-refractivity contribution in [3.63, 3.8) is 0 Å². The van der Waals surface area contributed by atoms with Gasteiger partial charge in [-0.15, -0.1) is 0 Å². The maximum atomic E-state index is 11.6. The Morgan fingerprint density at radius 2 is 1.78 bits per heavy atom. The van der Waals surface area contributed by atoms with Crippen LogP contribution in [0, 0.1) is 12.8 Å². The molecule has 2 unspecified atom stereocenters. The molecular weight excluding hydrogens is 342 g/mol. The van der Waals surface area contributed by atoms with Gasteiger partial charge in [0.15, 0.2) is 0 Å². The Morgan fingerprint density at radius 3 is 2.37 bits per heavy atom. The molecule has 1 fully saturated rings. The highest BCUT2D eigenvalue weighted by Crippen LogP contribution is 2.43. The zero-order chi connectivity index (χ0) is 19.4. The van der Waals surface area contributed by atoms with Crippen LogP contribution in [0.5, 0.6) is 11.5 Å². The normalized spacial score (nSPS) is 18.7. The highest BCUT2D eigenvalue weighted by atomic mass is 16.5. The number of nitrogens with zero attached hydrogens (tertiary/aromatic N) is 1. The molecule has 144 valence electrons. The van der Waals surface area contributed by atoms with E-state index in [0.717, 1.165) is 47.6 Å². The maximum absolute atomic E-state index is 11.6. The number of carboxylic acids is 1. The number of aryl methyl sites for hydroxylation is 1. The quantitative estimate of drug-likeness (QED) is 0.837. The summed E-state index contributed by atoms with van der Waals surface area (Å²) in [5.74, 6) is 0.418. The zero-order valence-corrected chi connectivity index (χ0v) is 16.1. The number of hydrogen-bond acceptors (Lipinski definition) is 4. The molecular formula is C22H27NO4. The summed E-state index contributed by atoms with van der Waals surface area (Å²) in [6, 6.07) is 13.9. The van der Waals surface area contributed by atoms with Gasteiger partial charge in [-0.1, -0.05) is 30.3 Å². The molecule has 0 bridgehead atoms. The third-order valence-electron chi connectivity index (χ3n) is 5.39. The van der Waals surface area contributed by atoms with Crippen LogP contribution in [0.1, 0.15) is 35.6 Å². The summed E-state index contributed by atoms with van der Waals surface area (Å²) in [6.45, 7) is 3.43. The molecule has 0 aromatic heterocycles. The molecule has 0 spiro atoms.